The molecule has 1 aromatic rings. The number of aryl methyl sites for hydroxylation is 1. The Morgan fingerprint density at radius 2 is 2.17 bits per heavy atom. The van der Waals surface area contributed by atoms with E-state index in [1.54, 1.807) is 12.1 Å². The van der Waals surface area contributed by atoms with Gasteiger partial charge in [0.1, 0.15) is 0 Å². The third kappa shape index (κ3) is 1.99. The fourth-order valence-electron chi connectivity index (χ4n) is 0.927. The van der Waals surface area contributed by atoms with E-state index < -0.39 is 0 Å². The topological polar surface area (TPSA) is 41.8 Å². The predicted molar refractivity (Wildman–Crippen MR) is 46.3 cm³/mol. The number of benzene rings is 1. The van der Waals surface area contributed by atoms with Crippen molar-refractivity contribution in [1.82, 2.24) is 0 Å². The summed E-state index contributed by atoms with van der Waals surface area (Å²) >= 11 is 0. The van der Waals surface area contributed by atoms with Gasteiger partial charge in [-0.05, 0) is 19.1 Å². The van der Waals surface area contributed by atoms with Gasteiger partial charge in [0.05, 0.1) is 0 Å². The van der Waals surface area contributed by atoms with E-state index in [0.717, 1.165) is 5.56 Å². The molecule has 3 nitrogen and oxygen atoms in total. The van der Waals surface area contributed by atoms with Crippen LogP contribution in [0.5, 0.6) is 0 Å². The minimum Gasteiger partial charge on any atom is -0.265 e. The minimum absolute atomic E-state index is 0.291. The zero-order chi connectivity index (χ0) is 8.97. The molecule has 62 valence electrons. The molecule has 1 rings (SSSR count). The number of carbonyl (C=O) groups excluding carboxylic acids is 1. The van der Waals surface area contributed by atoms with E-state index >= 15 is 0 Å². The van der Waals surface area contributed by atoms with Crippen molar-refractivity contribution >= 4 is 5.91 Å². The maximum absolute atomic E-state index is 11.1. The van der Waals surface area contributed by atoms with Gasteiger partial charge in [-0.3, -0.25) is 4.79 Å². The number of nitrogens with zero attached hydrogens (tertiary/aromatic N) is 2. The van der Waals surface area contributed by atoms with E-state index in [1.165, 1.54) is 7.05 Å². The van der Waals surface area contributed by atoms with E-state index in [2.05, 4.69) is 10.2 Å². The molecule has 0 bridgehead atoms. The highest BCUT2D eigenvalue weighted by Gasteiger charge is 2.01. The van der Waals surface area contributed by atoms with E-state index in [4.69, 9.17) is 0 Å². The van der Waals surface area contributed by atoms with Crippen LogP contribution >= 0.6 is 0 Å². The molecule has 0 aliphatic carbocycles. The highest BCUT2D eigenvalue weighted by Crippen LogP contribution is 2.05. The van der Waals surface area contributed by atoms with Gasteiger partial charge in [-0.2, -0.15) is 5.11 Å². The molecule has 0 atom stereocenters. The van der Waals surface area contributed by atoms with Crippen LogP contribution < -0.4 is 0 Å². The Kier molecular flexibility index (Phi) is 2.69. The highest BCUT2D eigenvalue weighted by molar-refractivity contribution is 5.94. The standard InChI is InChI=1S/C9H10N2O/c1-7-4-3-5-8(6-7)9(12)11-10-2/h3-6H,1-2H3. The second kappa shape index (κ2) is 3.76. The summed E-state index contributed by atoms with van der Waals surface area (Å²) in [5.74, 6) is -0.291. The van der Waals surface area contributed by atoms with Gasteiger partial charge in [0.15, 0.2) is 0 Å². The van der Waals surface area contributed by atoms with Gasteiger partial charge in [-0.15, -0.1) is 5.11 Å². The van der Waals surface area contributed by atoms with E-state index in [-0.39, 0.29) is 5.91 Å². The minimum atomic E-state index is -0.291. The summed E-state index contributed by atoms with van der Waals surface area (Å²) in [6.07, 6.45) is 0. The first-order chi connectivity index (χ1) is 5.74. The van der Waals surface area contributed by atoms with Gasteiger partial charge < -0.3 is 0 Å². The summed E-state index contributed by atoms with van der Waals surface area (Å²) in [6, 6.07) is 7.27. The van der Waals surface area contributed by atoms with Crippen LogP contribution in [0.2, 0.25) is 0 Å². The Bertz CT molecular complexity index is 318. The van der Waals surface area contributed by atoms with Crippen molar-refractivity contribution in [3.05, 3.63) is 35.4 Å². The summed E-state index contributed by atoms with van der Waals surface area (Å²) in [6.45, 7) is 1.93. The van der Waals surface area contributed by atoms with Crippen molar-refractivity contribution in [2.75, 3.05) is 7.05 Å². The molecule has 0 heterocycles. The van der Waals surface area contributed by atoms with Gasteiger partial charge in [-0.1, -0.05) is 17.7 Å². The summed E-state index contributed by atoms with van der Waals surface area (Å²) in [5.41, 5.74) is 1.63. The third-order valence-electron chi connectivity index (χ3n) is 1.46. The monoisotopic (exact) mass is 162 g/mol. The van der Waals surface area contributed by atoms with Crippen molar-refractivity contribution in [2.45, 2.75) is 6.92 Å². The first-order valence-corrected chi connectivity index (χ1v) is 3.65. The molecule has 1 aromatic carbocycles. The van der Waals surface area contributed by atoms with Crippen LogP contribution in [-0.4, -0.2) is 13.0 Å². The molecule has 12 heavy (non-hydrogen) atoms. The molecule has 0 unspecified atom stereocenters. The van der Waals surface area contributed by atoms with Crippen molar-refractivity contribution in [1.29, 1.82) is 0 Å². The van der Waals surface area contributed by atoms with Crippen LogP contribution in [-0.2, 0) is 0 Å². The third-order valence-corrected chi connectivity index (χ3v) is 1.46. The van der Waals surface area contributed by atoms with Crippen LogP contribution in [0.25, 0.3) is 0 Å². The summed E-state index contributed by atoms with van der Waals surface area (Å²) in [5, 5.41) is 6.84. The fraction of sp³-hybridized carbons (Fsp3) is 0.222. The smallest absolute Gasteiger partial charge is 0.265 e. The zero-order valence-corrected chi connectivity index (χ0v) is 7.11. The van der Waals surface area contributed by atoms with E-state index in [1.807, 2.05) is 19.1 Å². The average molecular weight is 162 g/mol. The predicted octanol–water partition coefficient (Wildman–Crippen LogP) is 2.22. The maximum atomic E-state index is 11.1. The number of carbonyl (C=O) groups is 1. The Morgan fingerprint density at radius 3 is 2.75 bits per heavy atom. The maximum Gasteiger partial charge on any atom is 0.295 e. The lowest BCUT2D eigenvalue weighted by Crippen LogP contribution is -1.93. The lowest BCUT2D eigenvalue weighted by Gasteiger charge is -1.94. The second-order valence-corrected chi connectivity index (χ2v) is 2.47. The van der Waals surface area contributed by atoms with Crippen molar-refractivity contribution in [3.63, 3.8) is 0 Å². The largest absolute Gasteiger partial charge is 0.295 e. The normalized spacial score (nSPS) is 10.5. The molecule has 0 aliphatic heterocycles. The van der Waals surface area contributed by atoms with Crippen LogP contribution in [0.15, 0.2) is 34.5 Å². The average Bonchev–Trinajstić information content (AvgIpc) is 2.05. The molecule has 0 radical (unpaired) electrons. The van der Waals surface area contributed by atoms with Gasteiger partial charge in [0, 0.05) is 12.6 Å². The number of azo groups is 1. The highest BCUT2D eigenvalue weighted by atomic mass is 16.1. The van der Waals surface area contributed by atoms with Gasteiger partial charge in [-0.25, -0.2) is 0 Å². The zero-order valence-electron chi connectivity index (χ0n) is 7.11. The van der Waals surface area contributed by atoms with Gasteiger partial charge in [0.25, 0.3) is 5.91 Å². The number of amides is 1. The lowest BCUT2D eigenvalue weighted by atomic mass is 10.1. The Labute approximate surface area is 71.1 Å². The van der Waals surface area contributed by atoms with E-state index in [0.29, 0.717) is 5.56 Å². The summed E-state index contributed by atoms with van der Waals surface area (Å²) in [7, 11) is 1.48. The number of rotatable bonds is 1. The van der Waals surface area contributed by atoms with Crippen LogP contribution in [0.1, 0.15) is 15.9 Å². The first kappa shape index (κ1) is 8.59. The molecular formula is C9H10N2O. The quantitative estimate of drug-likeness (QED) is 0.584. The molecule has 0 N–H and O–H groups in total. The molecule has 0 saturated carbocycles. The molecule has 0 fully saturated rings. The van der Waals surface area contributed by atoms with Crippen LogP contribution in [0.4, 0.5) is 0 Å². The Balaban J connectivity index is 2.96. The van der Waals surface area contributed by atoms with Gasteiger partial charge in [0.2, 0.25) is 0 Å². The fourth-order valence-corrected chi connectivity index (χ4v) is 0.927. The Hall–Kier alpha value is -1.51. The lowest BCUT2D eigenvalue weighted by molar-refractivity contribution is 0.0994. The van der Waals surface area contributed by atoms with Crippen LogP contribution in [0, 0.1) is 6.92 Å². The molecule has 1 amide bonds. The molecule has 3 heteroatoms. The molecule has 0 spiro atoms. The van der Waals surface area contributed by atoms with Crippen molar-refractivity contribution < 1.29 is 4.79 Å². The van der Waals surface area contributed by atoms with Crippen LogP contribution in [0.3, 0.4) is 0 Å². The SMILES string of the molecule is CN=NC(=O)c1cccc(C)c1. The Morgan fingerprint density at radius 1 is 1.42 bits per heavy atom. The summed E-state index contributed by atoms with van der Waals surface area (Å²) < 4.78 is 0. The molecular weight excluding hydrogens is 152 g/mol. The second-order valence-electron chi connectivity index (χ2n) is 2.47. The first-order valence-electron chi connectivity index (χ1n) is 3.65. The molecule has 0 aromatic heterocycles. The van der Waals surface area contributed by atoms with Crippen molar-refractivity contribution in [3.8, 4) is 0 Å². The van der Waals surface area contributed by atoms with Gasteiger partial charge >= 0.3 is 0 Å². The van der Waals surface area contributed by atoms with Crippen molar-refractivity contribution in [2.24, 2.45) is 10.2 Å². The number of hydrogen-bond donors (Lipinski definition) is 0. The number of hydrogen-bond acceptors (Lipinski definition) is 2. The molecule has 0 aliphatic rings. The summed E-state index contributed by atoms with van der Waals surface area (Å²) in [4.78, 5) is 11.1. The molecule has 0 saturated heterocycles. The van der Waals surface area contributed by atoms with E-state index in [9.17, 15) is 4.79 Å².